The van der Waals surface area contributed by atoms with Crippen LogP contribution in [-0.2, 0) is 26.6 Å². The summed E-state index contributed by atoms with van der Waals surface area (Å²) in [4.78, 5) is 0. The van der Waals surface area contributed by atoms with Crippen LogP contribution in [0.1, 0.15) is 33.6 Å². The van der Waals surface area contributed by atoms with E-state index in [-0.39, 0.29) is 0 Å². The summed E-state index contributed by atoms with van der Waals surface area (Å²) in [6, 6.07) is 1.69. The van der Waals surface area contributed by atoms with Gasteiger partial charge in [0.25, 0.3) is 0 Å². The van der Waals surface area contributed by atoms with E-state index in [1.54, 1.807) is 21.3 Å². The first-order valence-corrected chi connectivity index (χ1v) is 16.4. The monoisotopic (exact) mass is 529 g/mol. The first-order chi connectivity index (χ1) is 16.5. The normalized spacial score (nSPS) is 12.0. The Kier molecular flexibility index (Phi) is 27.7. The van der Waals surface area contributed by atoms with Crippen LogP contribution in [0.5, 0.6) is 0 Å². The highest BCUT2D eigenvalue weighted by Gasteiger charge is 2.39. The molecule has 0 saturated heterocycles. The van der Waals surface area contributed by atoms with Crippen molar-refractivity contribution in [3.05, 3.63) is 0 Å². The van der Waals surface area contributed by atoms with Gasteiger partial charge in [0.05, 0.1) is 0 Å². The van der Waals surface area contributed by atoms with Crippen molar-refractivity contribution < 1.29 is 26.6 Å². The van der Waals surface area contributed by atoms with E-state index in [1.165, 1.54) is 0 Å². The van der Waals surface area contributed by atoms with Crippen LogP contribution in [0.15, 0.2) is 0 Å². The molecule has 13 heteroatoms. The highest BCUT2D eigenvalue weighted by Crippen LogP contribution is 2.17. The van der Waals surface area contributed by atoms with Gasteiger partial charge >= 0.3 is 17.6 Å². The van der Waals surface area contributed by atoms with E-state index in [2.05, 4.69) is 16.0 Å². The Morgan fingerprint density at radius 1 is 0.529 bits per heavy atom. The Labute approximate surface area is 211 Å². The van der Waals surface area contributed by atoms with Gasteiger partial charge in [-0.1, -0.05) is 0 Å². The maximum atomic E-state index is 5.81. The minimum atomic E-state index is -2.45. The molecular weight excluding hydrogens is 474 g/mol. The maximum absolute atomic E-state index is 5.81. The molecular formula is C21H55N5O6Si2. The third-order valence-electron chi connectivity index (χ3n) is 4.82. The molecule has 11 nitrogen and oxygen atoms in total. The van der Waals surface area contributed by atoms with Gasteiger partial charge in [-0.2, -0.15) is 0 Å². The van der Waals surface area contributed by atoms with Crippen molar-refractivity contribution >= 4 is 17.6 Å². The van der Waals surface area contributed by atoms with Crippen molar-refractivity contribution in [2.24, 2.45) is 11.5 Å². The zero-order chi connectivity index (χ0) is 26.0. The summed E-state index contributed by atoms with van der Waals surface area (Å²) >= 11 is 0. The average molecular weight is 530 g/mol. The third-order valence-corrected chi connectivity index (χ3v) is 10.8. The first kappa shape index (κ1) is 36.2. The third kappa shape index (κ3) is 19.2. The SMILES string of the molecule is CCO[Si](CCCNCCNCCN)(OCC)OCC.CO[Si](CCCNCCN)(OC)OC. The molecule has 0 aliphatic heterocycles. The molecule has 0 bridgehead atoms. The van der Waals surface area contributed by atoms with Crippen LogP contribution < -0.4 is 27.4 Å². The molecule has 7 N–H and O–H groups in total. The second-order valence-corrected chi connectivity index (χ2v) is 13.1. The molecule has 0 aromatic rings. The molecule has 0 saturated carbocycles. The smallest absolute Gasteiger partial charge is 0.377 e. The standard InChI is InChI=1S/C13H33N3O3Si.C8H22N2O3Si/c1-4-17-20(18-5-2,19-6-3)13-7-9-15-11-12-16-10-8-14;1-11-14(12-2,13-3)8-4-6-10-7-5-9/h15-16H,4-14H2,1-3H3;10H,4-9H2,1-3H3. The predicted molar refractivity (Wildman–Crippen MR) is 143 cm³/mol. The van der Waals surface area contributed by atoms with Crippen LogP contribution in [0, 0.1) is 0 Å². The molecule has 0 amide bonds. The summed E-state index contributed by atoms with van der Waals surface area (Å²) in [6.45, 7) is 14.7. The molecule has 208 valence electrons. The summed E-state index contributed by atoms with van der Waals surface area (Å²) in [5.74, 6) is 0. The van der Waals surface area contributed by atoms with Crippen molar-refractivity contribution in [3.63, 3.8) is 0 Å². The maximum Gasteiger partial charge on any atom is 0.500 e. The molecule has 0 aromatic heterocycles. The second-order valence-electron chi connectivity index (χ2n) is 7.31. The summed E-state index contributed by atoms with van der Waals surface area (Å²) in [5, 5.41) is 9.86. The minimum Gasteiger partial charge on any atom is -0.377 e. The number of nitrogens with one attached hydrogen (secondary N) is 3. The van der Waals surface area contributed by atoms with E-state index < -0.39 is 17.6 Å². The Bertz CT molecular complexity index is 391. The molecule has 0 rings (SSSR count). The van der Waals surface area contributed by atoms with E-state index in [9.17, 15) is 0 Å². The lowest BCUT2D eigenvalue weighted by molar-refractivity contribution is 0.0708. The molecule has 0 aliphatic rings. The quantitative estimate of drug-likeness (QED) is 0.0873. The minimum absolute atomic E-state index is 0.642. The van der Waals surface area contributed by atoms with E-state index in [1.807, 2.05) is 20.8 Å². The van der Waals surface area contributed by atoms with Crippen LogP contribution in [0.25, 0.3) is 0 Å². The number of hydrogen-bond acceptors (Lipinski definition) is 11. The Morgan fingerprint density at radius 3 is 1.24 bits per heavy atom. The van der Waals surface area contributed by atoms with Gasteiger partial charge in [0.2, 0.25) is 0 Å². The van der Waals surface area contributed by atoms with Gasteiger partial charge in [-0.25, -0.2) is 0 Å². The zero-order valence-corrected chi connectivity index (χ0v) is 24.7. The van der Waals surface area contributed by atoms with Crippen molar-refractivity contribution in [2.75, 3.05) is 93.5 Å². The predicted octanol–water partition coefficient (Wildman–Crippen LogP) is 0.366. The van der Waals surface area contributed by atoms with Gasteiger partial charge in [-0.15, -0.1) is 0 Å². The van der Waals surface area contributed by atoms with Crippen molar-refractivity contribution in [1.29, 1.82) is 0 Å². The van der Waals surface area contributed by atoms with Crippen LogP contribution in [0.3, 0.4) is 0 Å². The molecule has 0 atom stereocenters. The first-order valence-electron chi connectivity index (χ1n) is 12.6. The fourth-order valence-corrected chi connectivity index (χ4v) is 7.51. The highest BCUT2D eigenvalue weighted by molar-refractivity contribution is 6.61. The van der Waals surface area contributed by atoms with E-state index in [0.29, 0.717) is 32.9 Å². The number of rotatable bonds is 24. The van der Waals surface area contributed by atoms with Gasteiger partial charge in [-0.05, 0) is 46.7 Å². The van der Waals surface area contributed by atoms with Crippen molar-refractivity contribution in [1.82, 2.24) is 16.0 Å². The van der Waals surface area contributed by atoms with Gasteiger partial charge < -0.3 is 54.0 Å². The molecule has 0 fully saturated rings. The van der Waals surface area contributed by atoms with Gasteiger partial charge in [-0.3, -0.25) is 0 Å². The lowest BCUT2D eigenvalue weighted by Crippen LogP contribution is -2.46. The van der Waals surface area contributed by atoms with Crippen molar-refractivity contribution in [3.8, 4) is 0 Å². The lowest BCUT2D eigenvalue weighted by Gasteiger charge is -2.28. The number of hydrogen-bond donors (Lipinski definition) is 5. The fraction of sp³-hybridized carbons (Fsp3) is 1.00. The van der Waals surface area contributed by atoms with Crippen LogP contribution in [-0.4, -0.2) is 111 Å². The highest BCUT2D eigenvalue weighted by atomic mass is 28.4. The van der Waals surface area contributed by atoms with Crippen LogP contribution in [0.2, 0.25) is 12.1 Å². The van der Waals surface area contributed by atoms with Crippen LogP contribution >= 0.6 is 0 Å². The van der Waals surface area contributed by atoms with Crippen molar-refractivity contribution in [2.45, 2.75) is 45.7 Å². The summed E-state index contributed by atoms with van der Waals surface area (Å²) in [6.07, 6.45) is 1.98. The number of nitrogens with two attached hydrogens (primary N) is 2. The topological polar surface area (TPSA) is 144 Å². The van der Waals surface area contributed by atoms with Gasteiger partial charge in [0, 0.05) is 92.5 Å². The zero-order valence-electron chi connectivity index (χ0n) is 22.7. The van der Waals surface area contributed by atoms with E-state index >= 15 is 0 Å². The Morgan fingerprint density at radius 2 is 0.882 bits per heavy atom. The van der Waals surface area contributed by atoms with E-state index in [0.717, 1.165) is 64.2 Å². The fourth-order valence-electron chi connectivity index (χ4n) is 3.17. The Hall–Kier alpha value is -0.00623. The molecule has 0 unspecified atom stereocenters. The molecule has 0 aromatic carbocycles. The summed E-state index contributed by atoms with van der Waals surface area (Å²) < 4.78 is 33.3. The lowest BCUT2D eigenvalue weighted by atomic mass is 10.4. The van der Waals surface area contributed by atoms with E-state index in [4.69, 9.17) is 38.0 Å². The molecule has 34 heavy (non-hydrogen) atoms. The molecule has 0 spiro atoms. The largest absolute Gasteiger partial charge is 0.500 e. The van der Waals surface area contributed by atoms with Gasteiger partial charge in [0.15, 0.2) is 0 Å². The second kappa shape index (κ2) is 26.1. The summed E-state index contributed by atoms with van der Waals surface area (Å²) in [7, 11) is 0.0968. The Balaban J connectivity index is 0. The van der Waals surface area contributed by atoms with Crippen LogP contribution in [0.4, 0.5) is 0 Å². The molecule has 0 heterocycles. The average Bonchev–Trinajstić information content (AvgIpc) is 2.84. The van der Waals surface area contributed by atoms with Gasteiger partial charge in [0.1, 0.15) is 0 Å². The molecule has 0 aliphatic carbocycles. The summed E-state index contributed by atoms with van der Waals surface area (Å²) in [5.41, 5.74) is 10.8. The molecule has 0 radical (unpaired) electrons.